The van der Waals surface area contributed by atoms with Crippen LogP contribution in [-0.4, -0.2) is 0 Å². The summed E-state index contributed by atoms with van der Waals surface area (Å²) in [5.74, 6) is -61.1. The summed E-state index contributed by atoms with van der Waals surface area (Å²) in [5.41, 5.74) is -36.6. The van der Waals surface area contributed by atoms with E-state index in [0.29, 0.717) is 6.92 Å². The Labute approximate surface area is 404 Å². The highest BCUT2D eigenvalue weighted by molar-refractivity contribution is 6.12. The van der Waals surface area contributed by atoms with Gasteiger partial charge in [0.15, 0.2) is 105 Å². The molecule has 75 heavy (non-hydrogen) atoms. The van der Waals surface area contributed by atoms with Crippen LogP contribution in [-0.2, 0) is 0 Å². The number of halogens is 22. The summed E-state index contributed by atoms with van der Waals surface area (Å²) in [7, 11) is 0. The summed E-state index contributed by atoms with van der Waals surface area (Å²) in [4.78, 5) is 0. The van der Waals surface area contributed by atoms with Gasteiger partial charge < -0.3 is 0 Å². The summed E-state index contributed by atoms with van der Waals surface area (Å²) in [6.45, 7) is 4.42. The highest BCUT2D eigenvalue weighted by atomic mass is 19.2. The van der Waals surface area contributed by atoms with Crippen molar-refractivity contribution in [3.05, 3.63) is 189 Å². The number of nitriles is 3. The molecule has 0 aromatic heterocycles. The van der Waals surface area contributed by atoms with Crippen LogP contribution in [0, 0.1) is 197 Å². The van der Waals surface area contributed by atoms with Gasteiger partial charge in [0.2, 0.25) is 5.82 Å². The molecule has 0 N–H and O–H groups in total. The van der Waals surface area contributed by atoms with Gasteiger partial charge in [-0.05, 0) is 62.4 Å². The monoisotopic (exact) mass is 1080 g/mol. The van der Waals surface area contributed by atoms with Crippen LogP contribution in [0.15, 0.2) is 16.7 Å². The molecule has 0 spiro atoms. The Bertz CT molecular complexity index is 3350. The summed E-state index contributed by atoms with van der Waals surface area (Å²) < 4.78 is 342. The molecule has 1 fully saturated rings. The van der Waals surface area contributed by atoms with E-state index in [1.165, 1.54) is 0 Å². The molecule has 0 heterocycles. The van der Waals surface area contributed by atoms with Crippen molar-refractivity contribution in [2.75, 3.05) is 0 Å². The third kappa shape index (κ3) is 7.50. The first-order valence-corrected chi connectivity index (χ1v) is 20.1. The molecule has 0 amide bonds. The minimum Gasteiger partial charge on any atom is -0.206 e. The molecule has 0 atom stereocenters. The minimum atomic E-state index is -3.17. The van der Waals surface area contributed by atoms with E-state index in [0.717, 1.165) is 45.9 Å². The molecule has 25 heteroatoms. The number of hydrogen-bond acceptors (Lipinski definition) is 3. The fraction of sp³-hybridized carbons (Fsp3) is 0.100. The third-order valence-corrected chi connectivity index (χ3v) is 12.3. The van der Waals surface area contributed by atoms with Crippen LogP contribution >= 0.6 is 0 Å². The maximum atomic E-state index is 16.4. The molecule has 7 rings (SSSR count). The predicted molar refractivity (Wildman–Crippen MR) is 216 cm³/mol. The van der Waals surface area contributed by atoms with Gasteiger partial charge in [0.1, 0.15) is 35.7 Å². The zero-order valence-corrected chi connectivity index (χ0v) is 37.2. The van der Waals surface area contributed by atoms with Gasteiger partial charge in [-0.3, -0.25) is 0 Å². The van der Waals surface area contributed by atoms with Crippen molar-refractivity contribution < 1.29 is 96.6 Å². The van der Waals surface area contributed by atoms with Crippen LogP contribution < -0.4 is 0 Å². The first-order valence-electron chi connectivity index (χ1n) is 20.1. The molecule has 0 aliphatic heterocycles. The first kappa shape index (κ1) is 54.2. The van der Waals surface area contributed by atoms with E-state index < -0.39 is 234 Å². The maximum absolute atomic E-state index is 16.4. The Morgan fingerprint density at radius 3 is 0.613 bits per heavy atom. The zero-order chi connectivity index (χ0) is 56.4. The topological polar surface area (TPSA) is 71.4 Å². The fourth-order valence-electron chi connectivity index (χ4n) is 8.09. The van der Waals surface area contributed by atoms with Crippen molar-refractivity contribution in [1.82, 2.24) is 0 Å². The smallest absolute Gasteiger partial charge is 0.200 e. The van der Waals surface area contributed by atoms with Crippen molar-refractivity contribution >= 4 is 16.7 Å². The largest absolute Gasteiger partial charge is 0.206 e. The average Bonchev–Trinajstić information content (AvgIpc) is 4.10. The lowest BCUT2D eigenvalue weighted by atomic mass is 9.91. The van der Waals surface area contributed by atoms with Gasteiger partial charge in [-0.2, -0.15) is 15.8 Å². The molecule has 0 radical (unpaired) electrons. The van der Waals surface area contributed by atoms with Gasteiger partial charge in [-0.1, -0.05) is 0 Å². The molecule has 0 bridgehead atoms. The van der Waals surface area contributed by atoms with Crippen LogP contribution in [0.1, 0.15) is 44.5 Å². The molecule has 6 aromatic rings. The fourth-order valence-corrected chi connectivity index (χ4v) is 8.09. The first-order chi connectivity index (χ1) is 34.9. The zero-order valence-electron chi connectivity index (χ0n) is 37.2. The lowest BCUT2D eigenvalue weighted by molar-refractivity contribution is 0.379. The minimum absolute atomic E-state index is 0.182. The number of rotatable bonds is 6. The molecule has 1 aliphatic rings. The van der Waals surface area contributed by atoms with Gasteiger partial charge in [-0.15, -0.1) is 0 Å². The van der Waals surface area contributed by atoms with Crippen molar-refractivity contribution in [3.8, 4) is 51.6 Å². The van der Waals surface area contributed by atoms with Gasteiger partial charge in [0, 0.05) is 16.7 Å². The number of hydrogen-bond donors (Lipinski definition) is 0. The highest BCUT2D eigenvalue weighted by Crippen LogP contribution is 2.58. The second-order valence-electron chi connectivity index (χ2n) is 16.0. The summed E-state index contributed by atoms with van der Waals surface area (Å²) in [6.07, 6.45) is 0. The SMILES string of the molecule is Cc1c(C)c(F)c(-c2c(F)c(F)c(/C(C#N)=C3/C(=C(/C#N)c4c(F)c(F)c(-c5c(F)c(C)c(C)c(F)c5F)c(F)c4F)/C3=C(/C#N)c3c(F)c(F)c(-c4c(F)c(F)c(F)c(F)c4F)c(F)c3F)c(F)c2F)c(F)c1C. The average molecular weight is 1080 g/mol. The Hall–Kier alpha value is -8.53. The van der Waals surface area contributed by atoms with Crippen molar-refractivity contribution in [3.63, 3.8) is 0 Å². The Morgan fingerprint density at radius 2 is 0.373 bits per heavy atom. The molecule has 3 nitrogen and oxygen atoms in total. The molecule has 0 saturated heterocycles. The van der Waals surface area contributed by atoms with Gasteiger partial charge in [0.05, 0.1) is 66.8 Å². The van der Waals surface area contributed by atoms with Crippen LogP contribution in [0.3, 0.4) is 0 Å². The van der Waals surface area contributed by atoms with E-state index >= 15 is 70.2 Å². The van der Waals surface area contributed by atoms with Gasteiger partial charge in [-0.25, -0.2) is 96.6 Å². The third-order valence-electron chi connectivity index (χ3n) is 12.3. The van der Waals surface area contributed by atoms with E-state index in [-0.39, 0.29) is 5.56 Å². The second kappa shape index (κ2) is 18.7. The van der Waals surface area contributed by atoms with E-state index in [1.54, 1.807) is 0 Å². The second-order valence-corrected chi connectivity index (χ2v) is 16.0. The highest BCUT2D eigenvalue weighted by Gasteiger charge is 2.47. The summed E-state index contributed by atoms with van der Waals surface area (Å²) in [5, 5.41) is 30.9. The number of allylic oxidation sites excluding steroid dienone is 6. The van der Waals surface area contributed by atoms with E-state index in [1.807, 2.05) is 0 Å². The van der Waals surface area contributed by atoms with E-state index in [9.17, 15) is 42.1 Å². The Morgan fingerprint density at radius 1 is 0.213 bits per heavy atom. The summed E-state index contributed by atoms with van der Waals surface area (Å²) in [6, 6.07) is 2.37. The lowest BCUT2D eigenvalue weighted by Crippen LogP contribution is -2.11. The van der Waals surface area contributed by atoms with Crippen LogP contribution in [0.5, 0.6) is 0 Å². The van der Waals surface area contributed by atoms with Gasteiger partial charge >= 0.3 is 0 Å². The van der Waals surface area contributed by atoms with Crippen molar-refractivity contribution in [2.24, 2.45) is 0 Å². The standard InChI is InChI=1S/C50H15F22N3/c1-9-10(2)29(51)23(30(52)11(9)3)25-40(62)33(55)20(34(56)41(25)63)14(6-73)17-18(15(7-74)21-35(57)42(64)26(43(65)36(21)58)24-31(53)12(4)13(5)32(54)39(24)61)19(17)16(8-75)22-37(59)44(66)27(45(67)38(22)60)28-46(68)48(70)50(72)49(71)47(28)69/h1-5H3/b17-14-,18-15+,19-16-. The van der Waals surface area contributed by atoms with Crippen LogP contribution in [0.25, 0.3) is 50.1 Å². The van der Waals surface area contributed by atoms with Gasteiger partial charge in [0.25, 0.3) is 0 Å². The normalized spacial score (nSPS) is 14.2. The molecular weight excluding hydrogens is 1060 g/mol. The Kier molecular flexibility index (Phi) is 13.6. The number of benzene rings is 6. The van der Waals surface area contributed by atoms with Crippen molar-refractivity contribution in [2.45, 2.75) is 34.6 Å². The summed E-state index contributed by atoms with van der Waals surface area (Å²) >= 11 is 0. The molecule has 1 saturated carbocycles. The quantitative estimate of drug-likeness (QED) is 0.0722. The van der Waals surface area contributed by atoms with Crippen LogP contribution in [0.2, 0.25) is 0 Å². The maximum Gasteiger partial charge on any atom is 0.200 e. The molecular formula is C50H15F22N3. The van der Waals surface area contributed by atoms with Crippen molar-refractivity contribution in [1.29, 1.82) is 15.8 Å². The van der Waals surface area contributed by atoms with E-state index in [2.05, 4.69) is 0 Å². The lowest BCUT2D eigenvalue weighted by Gasteiger charge is -2.17. The molecule has 6 aromatic carbocycles. The molecule has 384 valence electrons. The Balaban J connectivity index is 1.68. The molecule has 0 unspecified atom stereocenters. The van der Waals surface area contributed by atoms with E-state index in [4.69, 9.17) is 0 Å². The van der Waals surface area contributed by atoms with Crippen LogP contribution in [0.4, 0.5) is 96.6 Å². The predicted octanol–water partition coefficient (Wildman–Crippen LogP) is 15.5. The number of nitrogens with zero attached hydrogens (tertiary/aromatic N) is 3. The molecule has 1 aliphatic carbocycles.